The smallest absolute Gasteiger partial charge is 0.173 e. The lowest BCUT2D eigenvalue weighted by Crippen LogP contribution is -2.11. The van der Waals surface area contributed by atoms with Crippen LogP contribution in [0.25, 0.3) is 0 Å². The van der Waals surface area contributed by atoms with E-state index < -0.39 is 12.0 Å². The van der Waals surface area contributed by atoms with Crippen LogP contribution in [-0.2, 0) is 0 Å². The molecule has 3 rings (SSSR count). The quantitative estimate of drug-likeness (QED) is 0.829. The Hall–Kier alpha value is -1.93. The zero-order chi connectivity index (χ0) is 12.7. The molecule has 2 nitrogen and oxygen atoms in total. The average molecular weight is 238 g/mol. The average Bonchev–Trinajstić information content (AvgIpc) is 2.64. The molecule has 0 unspecified atom stereocenters. The molecule has 0 aromatic heterocycles. The Labute approximate surface area is 106 Å². The monoisotopic (exact) mass is 238 g/mol. The summed E-state index contributed by atoms with van der Waals surface area (Å²) in [7, 11) is 0. The molecule has 0 radical (unpaired) electrons. The van der Waals surface area contributed by atoms with Gasteiger partial charge in [-0.2, -0.15) is 0 Å². The van der Waals surface area contributed by atoms with E-state index in [1.165, 1.54) is 0 Å². The van der Waals surface area contributed by atoms with Gasteiger partial charge in [-0.05, 0) is 18.1 Å². The van der Waals surface area contributed by atoms with Gasteiger partial charge < -0.3 is 5.11 Å². The maximum atomic E-state index is 12.3. The molecule has 0 fully saturated rings. The third-order valence-electron chi connectivity index (χ3n) is 3.58. The Morgan fingerprint density at radius 2 is 1.67 bits per heavy atom. The Kier molecular flexibility index (Phi) is 2.53. The van der Waals surface area contributed by atoms with Crippen LogP contribution in [0.2, 0.25) is 0 Å². The van der Waals surface area contributed by atoms with Crippen LogP contribution in [0, 0.1) is 6.92 Å². The van der Waals surface area contributed by atoms with Crippen molar-refractivity contribution in [3.8, 4) is 0 Å². The molecule has 0 spiro atoms. The van der Waals surface area contributed by atoms with Crippen molar-refractivity contribution in [2.75, 3.05) is 0 Å². The number of carbonyl (C=O) groups is 1. The summed E-state index contributed by atoms with van der Waals surface area (Å²) in [4.78, 5) is 12.3. The lowest BCUT2D eigenvalue weighted by atomic mass is 9.92. The van der Waals surface area contributed by atoms with Gasteiger partial charge in [0.05, 0.1) is 12.0 Å². The Morgan fingerprint density at radius 1 is 1.00 bits per heavy atom. The maximum absolute atomic E-state index is 12.3. The minimum absolute atomic E-state index is 0.0157. The Morgan fingerprint density at radius 3 is 2.33 bits per heavy atom. The van der Waals surface area contributed by atoms with E-state index in [0.29, 0.717) is 5.56 Å². The van der Waals surface area contributed by atoms with Crippen LogP contribution in [-0.4, -0.2) is 10.9 Å². The van der Waals surface area contributed by atoms with Crippen molar-refractivity contribution in [1.29, 1.82) is 0 Å². The van der Waals surface area contributed by atoms with E-state index in [4.69, 9.17) is 0 Å². The molecule has 2 aromatic rings. The number of ketones is 1. The molecule has 1 aliphatic rings. The zero-order valence-corrected chi connectivity index (χ0v) is 10.1. The molecule has 1 N–H and O–H groups in total. The van der Waals surface area contributed by atoms with E-state index in [9.17, 15) is 9.90 Å². The fourth-order valence-electron chi connectivity index (χ4n) is 2.58. The molecule has 0 bridgehead atoms. The highest BCUT2D eigenvalue weighted by Crippen LogP contribution is 2.41. The van der Waals surface area contributed by atoms with Crippen LogP contribution in [0.15, 0.2) is 48.5 Å². The number of rotatable bonds is 1. The van der Waals surface area contributed by atoms with Gasteiger partial charge in [0.25, 0.3) is 0 Å². The second-order valence-corrected chi connectivity index (χ2v) is 4.78. The van der Waals surface area contributed by atoms with E-state index in [-0.39, 0.29) is 5.78 Å². The van der Waals surface area contributed by atoms with Crippen LogP contribution < -0.4 is 0 Å². The first-order valence-electron chi connectivity index (χ1n) is 6.06. The van der Waals surface area contributed by atoms with Crippen LogP contribution in [0.4, 0.5) is 0 Å². The molecule has 2 aromatic carbocycles. The molecule has 0 aliphatic heterocycles. The summed E-state index contributed by atoms with van der Waals surface area (Å²) in [5.41, 5.74) is 3.43. The number of aliphatic hydroxyl groups excluding tert-OH is 1. The Balaban J connectivity index is 2.06. The lowest BCUT2D eigenvalue weighted by Gasteiger charge is -2.14. The second-order valence-electron chi connectivity index (χ2n) is 4.78. The van der Waals surface area contributed by atoms with E-state index in [1.54, 1.807) is 6.07 Å². The van der Waals surface area contributed by atoms with Crippen LogP contribution in [0.3, 0.4) is 0 Å². The first kappa shape index (κ1) is 11.2. The fourth-order valence-corrected chi connectivity index (χ4v) is 2.58. The summed E-state index contributed by atoms with van der Waals surface area (Å²) >= 11 is 0. The summed E-state index contributed by atoms with van der Waals surface area (Å²) in [6, 6.07) is 15.1. The van der Waals surface area contributed by atoms with Crippen LogP contribution in [0.5, 0.6) is 0 Å². The molecule has 2 heteroatoms. The van der Waals surface area contributed by atoms with Gasteiger partial charge in [-0.1, -0.05) is 54.1 Å². The summed E-state index contributed by atoms with van der Waals surface area (Å²) in [5.74, 6) is -0.440. The van der Waals surface area contributed by atoms with Gasteiger partial charge in [-0.3, -0.25) is 4.79 Å². The summed E-state index contributed by atoms with van der Waals surface area (Å²) in [6.07, 6.45) is -0.726. The van der Waals surface area contributed by atoms with Crippen molar-refractivity contribution in [2.45, 2.75) is 18.9 Å². The summed E-state index contributed by atoms with van der Waals surface area (Å²) < 4.78 is 0. The standard InChI is InChI=1S/C16H14O2/c1-10-6-8-11(9-7-10)14-15(17)12-4-2-3-5-13(12)16(14)18/h2-9,14-15,17H,1H3/t14-,15+/m1/s1. The van der Waals surface area contributed by atoms with Crippen molar-refractivity contribution in [3.05, 3.63) is 70.8 Å². The van der Waals surface area contributed by atoms with E-state index in [0.717, 1.165) is 16.7 Å². The van der Waals surface area contributed by atoms with Crippen LogP contribution >= 0.6 is 0 Å². The van der Waals surface area contributed by atoms with Crippen molar-refractivity contribution in [1.82, 2.24) is 0 Å². The predicted octanol–water partition coefficient (Wildman–Crippen LogP) is 3.01. The molecule has 90 valence electrons. The Bertz CT molecular complexity index is 599. The molecular weight excluding hydrogens is 224 g/mol. The highest BCUT2D eigenvalue weighted by atomic mass is 16.3. The van der Waals surface area contributed by atoms with Crippen molar-refractivity contribution < 1.29 is 9.90 Å². The van der Waals surface area contributed by atoms with E-state index in [2.05, 4.69) is 0 Å². The molecular formula is C16H14O2. The maximum Gasteiger partial charge on any atom is 0.173 e. The lowest BCUT2D eigenvalue weighted by molar-refractivity contribution is 0.0872. The molecule has 0 saturated heterocycles. The zero-order valence-electron chi connectivity index (χ0n) is 10.1. The number of hydrogen-bond acceptors (Lipinski definition) is 2. The molecule has 18 heavy (non-hydrogen) atoms. The number of carbonyl (C=O) groups excluding carboxylic acids is 1. The SMILES string of the molecule is Cc1ccc([C@H]2C(=O)c3ccccc3[C@@H]2O)cc1. The molecule has 1 aliphatic carbocycles. The molecule has 0 amide bonds. The largest absolute Gasteiger partial charge is 0.387 e. The number of aryl methyl sites for hydroxylation is 1. The van der Waals surface area contributed by atoms with Crippen molar-refractivity contribution in [2.24, 2.45) is 0 Å². The van der Waals surface area contributed by atoms with Gasteiger partial charge in [0.1, 0.15) is 0 Å². The number of fused-ring (bicyclic) bond motifs is 1. The molecule has 0 saturated carbocycles. The number of benzene rings is 2. The highest BCUT2D eigenvalue weighted by Gasteiger charge is 2.39. The third kappa shape index (κ3) is 1.57. The minimum atomic E-state index is -0.726. The molecule has 0 heterocycles. The van der Waals surface area contributed by atoms with Crippen molar-refractivity contribution in [3.63, 3.8) is 0 Å². The minimum Gasteiger partial charge on any atom is -0.387 e. The van der Waals surface area contributed by atoms with Gasteiger partial charge in [0, 0.05) is 5.56 Å². The number of aliphatic hydroxyl groups is 1. The first-order chi connectivity index (χ1) is 8.68. The van der Waals surface area contributed by atoms with E-state index in [1.807, 2.05) is 49.4 Å². The second kappa shape index (κ2) is 4.07. The first-order valence-corrected chi connectivity index (χ1v) is 6.06. The van der Waals surface area contributed by atoms with Gasteiger partial charge in [-0.15, -0.1) is 0 Å². The predicted molar refractivity (Wildman–Crippen MR) is 69.7 cm³/mol. The summed E-state index contributed by atoms with van der Waals surface area (Å²) in [5, 5.41) is 10.3. The van der Waals surface area contributed by atoms with Crippen molar-refractivity contribution >= 4 is 5.78 Å². The fraction of sp³-hybridized carbons (Fsp3) is 0.188. The number of hydrogen-bond donors (Lipinski definition) is 1. The van der Waals surface area contributed by atoms with Gasteiger partial charge >= 0.3 is 0 Å². The highest BCUT2D eigenvalue weighted by molar-refractivity contribution is 6.06. The summed E-state index contributed by atoms with van der Waals surface area (Å²) in [6.45, 7) is 2.01. The normalized spacial score (nSPS) is 22.0. The topological polar surface area (TPSA) is 37.3 Å². The van der Waals surface area contributed by atoms with Gasteiger partial charge in [0.2, 0.25) is 0 Å². The van der Waals surface area contributed by atoms with Crippen LogP contribution in [0.1, 0.15) is 39.1 Å². The third-order valence-corrected chi connectivity index (χ3v) is 3.58. The number of Topliss-reactive ketones (excluding diaryl/α,β-unsaturated/α-hetero) is 1. The van der Waals surface area contributed by atoms with E-state index >= 15 is 0 Å². The van der Waals surface area contributed by atoms with Gasteiger partial charge in [-0.25, -0.2) is 0 Å². The molecule has 2 atom stereocenters. The van der Waals surface area contributed by atoms with Gasteiger partial charge in [0.15, 0.2) is 5.78 Å².